The number of fused-ring (bicyclic) bond motifs is 7. The Morgan fingerprint density at radius 2 is 0.972 bits per heavy atom. The maximum absolute atomic E-state index is 5.40. The molecular formula is C34H24OS. The zero-order valence-corrected chi connectivity index (χ0v) is 21.0. The first kappa shape index (κ1) is 21.2. The van der Waals surface area contributed by atoms with Gasteiger partial charge in [0, 0.05) is 20.2 Å². The quantitative estimate of drug-likeness (QED) is 0.244. The Labute approximate surface area is 214 Å². The Hall–Kier alpha value is -4.14. The molecule has 0 saturated heterocycles. The highest BCUT2D eigenvalue weighted by molar-refractivity contribution is 7.26. The minimum atomic E-state index is 0.876. The number of thiophene rings is 1. The minimum Gasteiger partial charge on any atom is -0.497 e. The van der Waals surface area contributed by atoms with Crippen molar-refractivity contribution in [2.45, 2.75) is 6.92 Å². The van der Waals surface area contributed by atoms with Crippen molar-refractivity contribution in [1.82, 2.24) is 0 Å². The lowest BCUT2D eigenvalue weighted by molar-refractivity contribution is 0.415. The topological polar surface area (TPSA) is 9.23 Å². The van der Waals surface area contributed by atoms with Crippen LogP contribution in [0.25, 0.3) is 64.0 Å². The van der Waals surface area contributed by atoms with Crippen molar-refractivity contribution in [2.75, 3.05) is 7.11 Å². The smallest absolute Gasteiger partial charge is 0.118 e. The van der Waals surface area contributed by atoms with Crippen LogP contribution >= 0.6 is 11.3 Å². The lowest BCUT2D eigenvalue weighted by Crippen LogP contribution is -1.86. The van der Waals surface area contributed by atoms with Gasteiger partial charge >= 0.3 is 0 Å². The van der Waals surface area contributed by atoms with Crippen molar-refractivity contribution in [1.29, 1.82) is 0 Å². The van der Waals surface area contributed by atoms with Gasteiger partial charge < -0.3 is 4.74 Å². The fourth-order valence-corrected chi connectivity index (χ4v) is 6.69. The summed E-state index contributed by atoms with van der Waals surface area (Å²) >= 11 is 1.90. The molecule has 0 unspecified atom stereocenters. The molecule has 0 aliphatic carbocycles. The van der Waals surface area contributed by atoms with Gasteiger partial charge in [-0.2, -0.15) is 0 Å². The fourth-order valence-electron chi connectivity index (χ4n) is 5.48. The molecule has 172 valence electrons. The summed E-state index contributed by atoms with van der Waals surface area (Å²) in [6.45, 7) is 2.14. The number of rotatable bonds is 3. The fraction of sp³-hybridized carbons (Fsp3) is 0.0588. The van der Waals surface area contributed by atoms with E-state index in [0.29, 0.717) is 0 Å². The highest BCUT2D eigenvalue weighted by Crippen LogP contribution is 2.47. The van der Waals surface area contributed by atoms with Crippen LogP contribution in [0.2, 0.25) is 0 Å². The van der Waals surface area contributed by atoms with Gasteiger partial charge in [-0.1, -0.05) is 90.5 Å². The van der Waals surface area contributed by atoms with Gasteiger partial charge in [-0.05, 0) is 75.0 Å². The number of benzene rings is 6. The molecule has 0 saturated carbocycles. The molecule has 6 aromatic carbocycles. The standard InChI is InChI=1S/C34H24OS/c1-21-11-13-22(14-12-21)29-19-31-33(27-9-5-3-7-25(27)29)34-28-10-6-4-8-26(28)30(20-32(34)36-31)23-15-17-24(35-2)18-16-23/h3-20H,1-2H3. The maximum Gasteiger partial charge on any atom is 0.118 e. The number of ether oxygens (including phenoxy) is 1. The van der Waals surface area contributed by atoms with Crippen LogP contribution in [0.1, 0.15) is 5.56 Å². The number of methoxy groups -OCH3 is 1. The largest absolute Gasteiger partial charge is 0.497 e. The third-order valence-electron chi connectivity index (χ3n) is 7.25. The molecule has 0 bridgehead atoms. The van der Waals surface area contributed by atoms with Crippen LogP contribution in [0.3, 0.4) is 0 Å². The first-order valence-electron chi connectivity index (χ1n) is 12.2. The van der Waals surface area contributed by atoms with Crippen LogP contribution in [-0.4, -0.2) is 7.11 Å². The zero-order valence-electron chi connectivity index (χ0n) is 20.2. The number of aryl methyl sites for hydroxylation is 1. The van der Waals surface area contributed by atoms with Gasteiger partial charge in [0.2, 0.25) is 0 Å². The molecule has 1 heterocycles. The van der Waals surface area contributed by atoms with Crippen LogP contribution in [-0.2, 0) is 0 Å². The Morgan fingerprint density at radius 1 is 0.528 bits per heavy atom. The zero-order chi connectivity index (χ0) is 24.2. The summed E-state index contributed by atoms with van der Waals surface area (Å²) < 4.78 is 8.05. The summed E-state index contributed by atoms with van der Waals surface area (Å²) in [4.78, 5) is 0. The predicted molar refractivity (Wildman–Crippen MR) is 157 cm³/mol. The Balaban J connectivity index is 1.60. The molecule has 0 aliphatic rings. The van der Waals surface area contributed by atoms with Crippen molar-refractivity contribution in [3.05, 3.63) is 115 Å². The van der Waals surface area contributed by atoms with Crippen LogP contribution in [0, 0.1) is 6.92 Å². The van der Waals surface area contributed by atoms with Crippen molar-refractivity contribution < 1.29 is 4.74 Å². The molecular weight excluding hydrogens is 456 g/mol. The van der Waals surface area contributed by atoms with Gasteiger partial charge in [-0.3, -0.25) is 0 Å². The van der Waals surface area contributed by atoms with E-state index in [2.05, 4.69) is 104 Å². The molecule has 0 aliphatic heterocycles. The molecule has 7 rings (SSSR count). The summed E-state index contributed by atoms with van der Waals surface area (Å²) in [6, 6.07) is 39.8. The molecule has 7 aromatic rings. The molecule has 0 amide bonds. The maximum atomic E-state index is 5.40. The summed E-state index contributed by atoms with van der Waals surface area (Å²) in [5, 5.41) is 7.92. The molecule has 1 nitrogen and oxygen atoms in total. The second-order valence-electron chi connectivity index (χ2n) is 9.38. The minimum absolute atomic E-state index is 0.876. The van der Waals surface area contributed by atoms with Crippen molar-refractivity contribution >= 4 is 53.1 Å². The third kappa shape index (κ3) is 3.22. The van der Waals surface area contributed by atoms with Gasteiger partial charge in [-0.25, -0.2) is 0 Å². The molecule has 2 heteroatoms. The third-order valence-corrected chi connectivity index (χ3v) is 8.33. The monoisotopic (exact) mass is 480 g/mol. The van der Waals surface area contributed by atoms with E-state index in [1.165, 1.54) is 69.5 Å². The first-order valence-corrected chi connectivity index (χ1v) is 13.0. The van der Waals surface area contributed by atoms with E-state index in [9.17, 15) is 0 Å². The summed E-state index contributed by atoms with van der Waals surface area (Å²) in [5.74, 6) is 0.876. The van der Waals surface area contributed by atoms with Crippen molar-refractivity contribution in [3.63, 3.8) is 0 Å². The Morgan fingerprint density at radius 3 is 1.44 bits per heavy atom. The van der Waals surface area contributed by atoms with Gasteiger partial charge in [0.25, 0.3) is 0 Å². The van der Waals surface area contributed by atoms with Crippen LogP contribution < -0.4 is 4.74 Å². The molecule has 0 spiro atoms. The van der Waals surface area contributed by atoms with E-state index in [1.807, 2.05) is 23.5 Å². The molecule has 0 atom stereocenters. The normalized spacial score (nSPS) is 11.6. The number of hydrogen-bond donors (Lipinski definition) is 0. The highest BCUT2D eigenvalue weighted by atomic mass is 32.1. The van der Waals surface area contributed by atoms with Crippen LogP contribution in [0.5, 0.6) is 5.75 Å². The Bertz CT molecular complexity index is 1910. The molecule has 36 heavy (non-hydrogen) atoms. The summed E-state index contributed by atoms with van der Waals surface area (Å²) in [5.41, 5.74) is 6.31. The van der Waals surface area contributed by atoms with E-state index < -0.39 is 0 Å². The molecule has 0 radical (unpaired) electrons. The van der Waals surface area contributed by atoms with Gasteiger partial charge in [0.1, 0.15) is 5.75 Å². The first-order chi connectivity index (χ1) is 17.7. The predicted octanol–water partition coefficient (Wildman–Crippen LogP) is 10.0. The van der Waals surface area contributed by atoms with Crippen molar-refractivity contribution in [3.8, 4) is 28.0 Å². The number of hydrogen-bond acceptors (Lipinski definition) is 2. The summed E-state index contributed by atoms with van der Waals surface area (Å²) in [7, 11) is 1.71. The average Bonchev–Trinajstić information content (AvgIpc) is 3.32. The molecule has 0 fully saturated rings. The Kier molecular flexibility index (Phi) is 4.83. The molecule has 1 aromatic heterocycles. The second-order valence-corrected chi connectivity index (χ2v) is 10.5. The van der Waals surface area contributed by atoms with E-state index in [4.69, 9.17) is 4.74 Å². The summed E-state index contributed by atoms with van der Waals surface area (Å²) in [6.07, 6.45) is 0. The lowest BCUT2D eigenvalue weighted by atomic mass is 9.91. The van der Waals surface area contributed by atoms with Crippen molar-refractivity contribution in [2.24, 2.45) is 0 Å². The SMILES string of the molecule is COc1ccc(-c2cc3sc4cc(-c5ccc(C)cc5)c5ccccc5c4c3c3ccccc23)cc1. The van der Waals surface area contributed by atoms with Crippen LogP contribution in [0.4, 0.5) is 0 Å². The average molecular weight is 481 g/mol. The van der Waals surface area contributed by atoms with E-state index >= 15 is 0 Å². The van der Waals surface area contributed by atoms with Gasteiger partial charge in [0.15, 0.2) is 0 Å². The highest BCUT2D eigenvalue weighted by Gasteiger charge is 2.17. The van der Waals surface area contributed by atoms with E-state index in [1.54, 1.807) is 7.11 Å². The van der Waals surface area contributed by atoms with E-state index in [-0.39, 0.29) is 0 Å². The molecule has 0 N–H and O–H groups in total. The van der Waals surface area contributed by atoms with Crippen LogP contribution in [0.15, 0.2) is 109 Å². The second kappa shape index (κ2) is 8.22. The lowest BCUT2D eigenvalue weighted by Gasteiger charge is -2.12. The van der Waals surface area contributed by atoms with E-state index in [0.717, 1.165) is 5.75 Å². The van der Waals surface area contributed by atoms with Gasteiger partial charge in [-0.15, -0.1) is 11.3 Å². The van der Waals surface area contributed by atoms with Gasteiger partial charge in [0.05, 0.1) is 7.11 Å².